The Kier molecular flexibility index (Phi) is 7.62. The number of carbonyl (C=O) groups excluding carboxylic acids is 2. The third-order valence-corrected chi connectivity index (χ3v) is 5.76. The number of esters is 1. The largest absolute Gasteiger partial charge is 0.468 e. The van der Waals surface area contributed by atoms with E-state index >= 15 is 0 Å². The molecule has 1 unspecified atom stereocenters. The average molecular weight is 470 g/mol. The molecule has 0 spiro atoms. The number of benzene rings is 2. The predicted molar refractivity (Wildman–Crippen MR) is 125 cm³/mol. The zero-order valence-corrected chi connectivity index (χ0v) is 20.0. The van der Waals surface area contributed by atoms with Crippen molar-refractivity contribution >= 4 is 23.7 Å². The number of nitriles is 1. The molecule has 1 saturated heterocycles. The van der Waals surface area contributed by atoms with Crippen molar-refractivity contribution in [3.63, 3.8) is 0 Å². The minimum atomic E-state index is -0.747. The van der Waals surface area contributed by atoms with Gasteiger partial charge in [-0.05, 0) is 50.1 Å². The molecule has 33 heavy (non-hydrogen) atoms. The maximum atomic E-state index is 12.9. The molecule has 0 N–H and O–H groups in total. The van der Waals surface area contributed by atoms with Gasteiger partial charge in [0.05, 0.1) is 31.3 Å². The summed E-state index contributed by atoms with van der Waals surface area (Å²) < 4.78 is 10.6. The highest BCUT2D eigenvalue weighted by Crippen LogP contribution is 2.36. The van der Waals surface area contributed by atoms with Gasteiger partial charge in [-0.25, -0.2) is 4.79 Å². The molecular weight excluding hydrogens is 442 g/mol. The summed E-state index contributed by atoms with van der Waals surface area (Å²) in [4.78, 5) is 29.1. The lowest BCUT2D eigenvalue weighted by Crippen LogP contribution is -2.59. The second kappa shape index (κ2) is 10.2. The van der Waals surface area contributed by atoms with E-state index in [-0.39, 0.29) is 6.54 Å². The van der Waals surface area contributed by atoms with Crippen LogP contribution in [0.2, 0.25) is 5.02 Å². The number of ether oxygens (including phenoxy) is 2. The first-order valence-corrected chi connectivity index (χ1v) is 11.1. The van der Waals surface area contributed by atoms with Crippen molar-refractivity contribution in [3.8, 4) is 6.07 Å². The Balaban J connectivity index is 2.03. The average Bonchev–Trinajstić information content (AvgIpc) is 2.79. The molecule has 0 aromatic heterocycles. The molecule has 8 heteroatoms. The molecule has 2 aromatic rings. The summed E-state index contributed by atoms with van der Waals surface area (Å²) in [6.07, 6.45) is -0.475. The third kappa shape index (κ3) is 5.84. The predicted octanol–water partition coefficient (Wildman–Crippen LogP) is 4.40. The third-order valence-electron chi connectivity index (χ3n) is 5.41. The van der Waals surface area contributed by atoms with Gasteiger partial charge in [0.2, 0.25) is 0 Å². The lowest BCUT2D eigenvalue weighted by Gasteiger charge is -2.44. The Hall–Kier alpha value is -3.08. The topological polar surface area (TPSA) is 82.9 Å². The normalized spacial score (nSPS) is 17.7. The van der Waals surface area contributed by atoms with Crippen LogP contribution in [0.1, 0.15) is 43.5 Å². The van der Waals surface area contributed by atoms with E-state index in [1.54, 1.807) is 39.0 Å². The first kappa shape index (κ1) is 24.6. The first-order chi connectivity index (χ1) is 15.6. The summed E-state index contributed by atoms with van der Waals surface area (Å²) in [5.41, 5.74) is 1.44. The number of amides is 1. The van der Waals surface area contributed by atoms with Crippen LogP contribution in [-0.2, 0) is 14.3 Å². The fourth-order valence-corrected chi connectivity index (χ4v) is 4.17. The number of hydrogen-bond donors (Lipinski definition) is 0. The summed E-state index contributed by atoms with van der Waals surface area (Å²) in [6, 6.07) is 15.7. The first-order valence-electron chi connectivity index (χ1n) is 10.7. The summed E-state index contributed by atoms with van der Waals surface area (Å²) in [6.45, 7) is 6.26. The van der Waals surface area contributed by atoms with Gasteiger partial charge in [0.15, 0.2) is 0 Å². The molecule has 0 aliphatic carbocycles. The molecule has 1 aliphatic heterocycles. The van der Waals surface area contributed by atoms with Gasteiger partial charge < -0.3 is 14.4 Å². The Morgan fingerprint density at radius 2 is 1.85 bits per heavy atom. The highest BCUT2D eigenvalue weighted by Gasteiger charge is 2.41. The fourth-order valence-electron chi connectivity index (χ4n) is 3.95. The van der Waals surface area contributed by atoms with Gasteiger partial charge in [-0.15, -0.1) is 0 Å². The molecular formula is C25H28ClN3O4. The van der Waals surface area contributed by atoms with Crippen LogP contribution in [-0.4, -0.2) is 60.2 Å². The lowest BCUT2D eigenvalue weighted by molar-refractivity contribution is -0.150. The molecule has 1 amide bonds. The minimum Gasteiger partial charge on any atom is -0.468 e. The van der Waals surface area contributed by atoms with Crippen LogP contribution in [0.5, 0.6) is 0 Å². The molecule has 7 nitrogen and oxygen atoms in total. The summed E-state index contributed by atoms with van der Waals surface area (Å²) in [5, 5.41) is 9.93. The smallest absolute Gasteiger partial charge is 0.410 e. The van der Waals surface area contributed by atoms with E-state index in [2.05, 4.69) is 6.07 Å². The van der Waals surface area contributed by atoms with Gasteiger partial charge in [0.1, 0.15) is 11.6 Å². The number of piperazine rings is 1. The number of carbonyl (C=O) groups is 2. The number of nitrogens with zero attached hydrogens (tertiary/aromatic N) is 3. The van der Waals surface area contributed by atoms with E-state index in [9.17, 15) is 14.9 Å². The second-order valence-corrected chi connectivity index (χ2v) is 9.27. The van der Waals surface area contributed by atoms with E-state index in [0.29, 0.717) is 29.2 Å². The Morgan fingerprint density at radius 3 is 2.45 bits per heavy atom. The molecule has 0 radical (unpaired) electrons. The van der Waals surface area contributed by atoms with Gasteiger partial charge in [-0.1, -0.05) is 41.9 Å². The van der Waals surface area contributed by atoms with Crippen LogP contribution in [0.25, 0.3) is 0 Å². The number of methoxy groups -OCH3 is 1. The van der Waals surface area contributed by atoms with Crippen LogP contribution in [0, 0.1) is 11.3 Å². The zero-order chi connectivity index (χ0) is 24.2. The number of rotatable bonds is 4. The van der Waals surface area contributed by atoms with Crippen molar-refractivity contribution in [1.82, 2.24) is 9.80 Å². The Morgan fingerprint density at radius 1 is 1.15 bits per heavy atom. The maximum Gasteiger partial charge on any atom is 0.410 e. The van der Waals surface area contributed by atoms with Crippen LogP contribution < -0.4 is 0 Å². The number of hydrogen-bond acceptors (Lipinski definition) is 6. The van der Waals surface area contributed by atoms with Crippen molar-refractivity contribution in [2.45, 2.75) is 38.5 Å². The molecule has 174 valence electrons. The van der Waals surface area contributed by atoms with E-state index in [0.717, 1.165) is 5.56 Å². The van der Waals surface area contributed by atoms with E-state index in [4.69, 9.17) is 21.1 Å². The summed E-state index contributed by atoms with van der Waals surface area (Å²) in [5.74, 6) is -0.461. The van der Waals surface area contributed by atoms with Crippen LogP contribution in [0.3, 0.4) is 0 Å². The van der Waals surface area contributed by atoms with Gasteiger partial charge in [0.25, 0.3) is 0 Å². The van der Waals surface area contributed by atoms with Crippen LogP contribution in [0.15, 0.2) is 48.5 Å². The Labute approximate surface area is 199 Å². The SMILES string of the molecule is COC(=O)[C@@H]1CN(C(=O)OC(C)(C)C)CCN1C(c1ccccc1)c1cc(C#N)ccc1Cl. The molecule has 0 bridgehead atoms. The van der Waals surface area contributed by atoms with Gasteiger partial charge in [0, 0.05) is 18.1 Å². The van der Waals surface area contributed by atoms with E-state index < -0.39 is 29.7 Å². The molecule has 2 atom stereocenters. The van der Waals surface area contributed by atoms with Crippen LogP contribution in [0.4, 0.5) is 4.79 Å². The molecule has 2 aromatic carbocycles. The highest BCUT2D eigenvalue weighted by atomic mass is 35.5. The second-order valence-electron chi connectivity index (χ2n) is 8.86. The number of halogens is 1. The Bertz CT molecular complexity index is 1050. The monoisotopic (exact) mass is 469 g/mol. The summed E-state index contributed by atoms with van der Waals surface area (Å²) in [7, 11) is 1.33. The molecule has 3 rings (SSSR count). The summed E-state index contributed by atoms with van der Waals surface area (Å²) >= 11 is 6.59. The van der Waals surface area contributed by atoms with Crippen LogP contribution >= 0.6 is 11.6 Å². The van der Waals surface area contributed by atoms with Crippen molar-refractivity contribution in [3.05, 3.63) is 70.2 Å². The molecule has 1 heterocycles. The fraction of sp³-hybridized carbons (Fsp3) is 0.400. The highest BCUT2D eigenvalue weighted by molar-refractivity contribution is 6.31. The molecule has 1 fully saturated rings. The lowest BCUT2D eigenvalue weighted by atomic mass is 9.93. The minimum absolute atomic E-state index is 0.112. The van der Waals surface area contributed by atoms with Crippen molar-refractivity contribution in [1.29, 1.82) is 5.26 Å². The van der Waals surface area contributed by atoms with Crippen molar-refractivity contribution < 1.29 is 19.1 Å². The van der Waals surface area contributed by atoms with Gasteiger partial charge >= 0.3 is 12.1 Å². The van der Waals surface area contributed by atoms with Gasteiger partial charge in [-0.2, -0.15) is 5.26 Å². The van der Waals surface area contributed by atoms with Gasteiger partial charge in [-0.3, -0.25) is 9.69 Å². The quantitative estimate of drug-likeness (QED) is 0.617. The molecule has 0 saturated carbocycles. The van der Waals surface area contributed by atoms with Crippen molar-refractivity contribution in [2.75, 3.05) is 26.7 Å². The van der Waals surface area contributed by atoms with E-state index in [1.807, 2.05) is 35.2 Å². The zero-order valence-electron chi connectivity index (χ0n) is 19.2. The standard InChI is InChI=1S/C25H28ClN3O4/c1-25(2,3)33-24(31)28-12-13-29(21(16-28)23(30)32-4)22(18-8-6-5-7-9-18)19-14-17(15-27)10-11-20(19)26/h5-11,14,21-22H,12-13,16H2,1-4H3/t21-,22?/m0/s1. The van der Waals surface area contributed by atoms with E-state index in [1.165, 1.54) is 12.0 Å². The van der Waals surface area contributed by atoms with Crippen molar-refractivity contribution in [2.24, 2.45) is 0 Å². The maximum absolute atomic E-state index is 12.9. The molecule has 1 aliphatic rings.